The highest BCUT2D eigenvalue weighted by Crippen LogP contribution is 2.13. The van der Waals surface area contributed by atoms with E-state index in [0.29, 0.717) is 12.8 Å². The molecular weight excluding hydrogens is 524 g/mol. The third kappa shape index (κ3) is 31.1. The number of unbranched alkanes of at least 4 members (excludes halogenated alkanes) is 17. The lowest BCUT2D eigenvalue weighted by molar-refractivity contribution is -0.161. The fraction of sp³-hybridized carbons (Fsp3) is 0.784. The molecule has 0 saturated carbocycles. The maximum absolute atomic E-state index is 12.1. The minimum Gasteiger partial charge on any atom is -0.462 e. The van der Waals surface area contributed by atoms with Crippen molar-refractivity contribution in [3.63, 3.8) is 0 Å². The van der Waals surface area contributed by atoms with E-state index < -0.39 is 6.10 Å². The number of hydrogen-bond donors (Lipinski definition) is 1. The fourth-order valence-electron chi connectivity index (χ4n) is 4.80. The molecule has 0 aliphatic carbocycles. The van der Waals surface area contributed by atoms with Crippen LogP contribution >= 0.6 is 0 Å². The molecule has 0 radical (unpaired) electrons. The summed E-state index contributed by atoms with van der Waals surface area (Å²) in [5, 5.41) is 9.51. The van der Waals surface area contributed by atoms with Crippen LogP contribution in [0.15, 0.2) is 36.5 Å². The SMILES string of the molecule is CCC=CCC=CCC=CCCCCCCCC(=O)O[C@@H](CO)COC(=O)CCCCCCCCCCCCCCC. The first kappa shape index (κ1) is 40.1. The van der Waals surface area contributed by atoms with Crippen molar-refractivity contribution in [3.05, 3.63) is 36.5 Å². The maximum atomic E-state index is 12.1. The quantitative estimate of drug-likeness (QED) is 0.0494. The monoisotopic (exact) mass is 590 g/mol. The summed E-state index contributed by atoms with van der Waals surface area (Å²) in [6.45, 7) is 4.00. The number of aliphatic hydroxyl groups excluding tert-OH is 1. The number of ether oxygens (including phenoxy) is 2. The van der Waals surface area contributed by atoms with Crippen LogP contribution < -0.4 is 0 Å². The summed E-state index contributed by atoms with van der Waals surface area (Å²) in [5.74, 6) is -0.610. The van der Waals surface area contributed by atoms with Crippen molar-refractivity contribution < 1.29 is 24.2 Å². The number of carbonyl (C=O) groups excluding carboxylic acids is 2. The van der Waals surface area contributed by atoms with Crippen molar-refractivity contribution in [2.45, 2.75) is 174 Å². The third-order valence-electron chi connectivity index (χ3n) is 7.45. The number of esters is 2. The zero-order valence-corrected chi connectivity index (χ0v) is 27.5. The summed E-state index contributed by atoms with van der Waals surface area (Å²) in [6.07, 6.45) is 39.1. The first-order chi connectivity index (χ1) is 20.6. The van der Waals surface area contributed by atoms with Crippen molar-refractivity contribution in [3.8, 4) is 0 Å². The van der Waals surface area contributed by atoms with Gasteiger partial charge in [-0.15, -0.1) is 0 Å². The van der Waals surface area contributed by atoms with Crippen molar-refractivity contribution in [2.24, 2.45) is 0 Å². The van der Waals surface area contributed by atoms with E-state index in [1.807, 2.05) is 0 Å². The number of allylic oxidation sites excluding steroid dienone is 6. The van der Waals surface area contributed by atoms with Crippen LogP contribution in [0.1, 0.15) is 168 Å². The molecule has 0 aliphatic rings. The van der Waals surface area contributed by atoms with Crippen LogP contribution in [0.2, 0.25) is 0 Å². The van der Waals surface area contributed by atoms with Gasteiger partial charge >= 0.3 is 11.9 Å². The van der Waals surface area contributed by atoms with E-state index in [1.165, 1.54) is 70.6 Å². The van der Waals surface area contributed by atoms with Gasteiger partial charge in [-0.05, 0) is 44.9 Å². The van der Waals surface area contributed by atoms with Crippen molar-refractivity contribution in [1.29, 1.82) is 0 Å². The number of hydrogen-bond acceptors (Lipinski definition) is 5. The van der Waals surface area contributed by atoms with E-state index in [1.54, 1.807) is 0 Å². The molecule has 0 aromatic heterocycles. The molecular formula is C37H66O5. The Kier molecular flexibility index (Phi) is 32.1. The van der Waals surface area contributed by atoms with Gasteiger partial charge in [-0.2, -0.15) is 0 Å². The second kappa shape index (κ2) is 33.6. The second-order valence-corrected chi connectivity index (χ2v) is 11.6. The van der Waals surface area contributed by atoms with Crippen LogP contribution in [0.25, 0.3) is 0 Å². The Morgan fingerprint density at radius 2 is 1.02 bits per heavy atom. The van der Waals surface area contributed by atoms with Crippen LogP contribution in [0.4, 0.5) is 0 Å². The first-order valence-corrected chi connectivity index (χ1v) is 17.5. The average molecular weight is 591 g/mol. The Hall–Kier alpha value is -1.88. The van der Waals surface area contributed by atoms with Gasteiger partial charge in [0.1, 0.15) is 6.61 Å². The van der Waals surface area contributed by atoms with E-state index in [-0.39, 0.29) is 25.2 Å². The largest absolute Gasteiger partial charge is 0.462 e. The molecule has 1 atom stereocenters. The predicted octanol–water partition coefficient (Wildman–Crippen LogP) is 10.5. The summed E-state index contributed by atoms with van der Waals surface area (Å²) >= 11 is 0. The summed E-state index contributed by atoms with van der Waals surface area (Å²) in [7, 11) is 0. The van der Waals surface area contributed by atoms with Crippen molar-refractivity contribution in [1.82, 2.24) is 0 Å². The van der Waals surface area contributed by atoms with Crippen LogP contribution in [0.3, 0.4) is 0 Å². The summed E-state index contributed by atoms with van der Waals surface area (Å²) in [5.41, 5.74) is 0. The van der Waals surface area contributed by atoms with Crippen LogP contribution in [0, 0.1) is 0 Å². The molecule has 0 amide bonds. The van der Waals surface area contributed by atoms with Gasteiger partial charge in [0.05, 0.1) is 6.61 Å². The zero-order chi connectivity index (χ0) is 30.8. The molecule has 5 nitrogen and oxygen atoms in total. The van der Waals surface area contributed by atoms with E-state index in [2.05, 4.69) is 50.3 Å². The minimum atomic E-state index is -0.775. The van der Waals surface area contributed by atoms with Crippen molar-refractivity contribution in [2.75, 3.05) is 13.2 Å². The lowest BCUT2D eigenvalue weighted by Gasteiger charge is -2.15. The normalized spacial score (nSPS) is 12.5. The maximum Gasteiger partial charge on any atom is 0.306 e. The topological polar surface area (TPSA) is 72.8 Å². The van der Waals surface area contributed by atoms with Gasteiger partial charge in [0.25, 0.3) is 0 Å². The molecule has 0 heterocycles. The molecule has 1 N–H and O–H groups in total. The van der Waals surface area contributed by atoms with Crippen LogP contribution in [0.5, 0.6) is 0 Å². The second-order valence-electron chi connectivity index (χ2n) is 11.6. The molecule has 244 valence electrons. The number of rotatable bonds is 31. The van der Waals surface area contributed by atoms with E-state index in [4.69, 9.17) is 9.47 Å². The van der Waals surface area contributed by atoms with Crippen molar-refractivity contribution >= 4 is 11.9 Å². The molecule has 0 aromatic rings. The smallest absolute Gasteiger partial charge is 0.306 e. The standard InChI is InChI=1S/C37H66O5/c1-3-5-7-9-11-13-15-17-18-20-22-24-26-28-30-32-37(40)42-35(33-38)34-41-36(39)31-29-27-25-23-21-19-16-14-12-10-8-6-4-2/h5,7,11,13,17-18,35,38H,3-4,6,8-10,12,14-16,19-34H2,1-2H3/t35-/m0/s1. The van der Waals surface area contributed by atoms with Gasteiger partial charge in [0.15, 0.2) is 6.10 Å². The van der Waals surface area contributed by atoms with Gasteiger partial charge in [0, 0.05) is 12.8 Å². The van der Waals surface area contributed by atoms with Gasteiger partial charge in [0.2, 0.25) is 0 Å². The lowest BCUT2D eigenvalue weighted by Crippen LogP contribution is -2.28. The molecule has 0 aromatic carbocycles. The molecule has 0 saturated heterocycles. The average Bonchev–Trinajstić information content (AvgIpc) is 2.99. The Labute approximate surface area is 259 Å². The molecule has 0 fully saturated rings. The zero-order valence-electron chi connectivity index (χ0n) is 27.5. The third-order valence-corrected chi connectivity index (χ3v) is 7.45. The molecule has 0 aliphatic heterocycles. The van der Waals surface area contributed by atoms with Crippen LogP contribution in [-0.2, 0) is 19.1 Å². The molecule has 0 unspecified atom stereocenters. The highest BCUT2D eigenvalue weighted by atomic mass is 16.6. The lowest BCUT2D eigenvalue weighted by atomic mass is 10.0. The Bertz CT molecular complexity index is 682. The van der Waals surface area contributed by atoms with Crippen LogP contribution in [-0.4, -0.2) is 36.4 Å². The molecule has 5 heteroatoms. The molecule has 0 spiro atoms. The first-order valence-electron chi connectivity index (χ1n) is 17.5. The highest BCUT2D eigenvalue weighted by Gasteiger charge is 2.16. The fourth-order valence-corrected chi connectivity index (χ4v) is 4.80. The van der Waals surface area contributed by atoms with Gasteiger partial charge < -0.3 is 14.6 Å². The molecule has 0 bridgehead atoms. The summed E-state index contributed by atoms with van der Waals surface area (Å²) in [6, 6.07) is 0. The van der Waals surface area contributed by atoms with E-state index >= 15 is 0 Å². The summed E-state index contributed by atoms with van der Waals surface area (Å²) in [4.78, 5) is 24.1. The van der Waals surface area contributed by atoms with Gasteiger partial charge in [-0.1, -0.05) is 147 Å². The van der Waals surface area contributed by atoms with Gasteiger partial charge in [-0.3, -0.25) is 9.59 Å². The molecule has 0 rings (SSSR count). The minimum absolute atomic E-state index is 0.0707. The van der Waals surface area contributed by atoms with Gasteiger partial charge in [-0.25, -0.2) is 0 Å². The Morgan fingerprint density at radius 1 is 0.571 bits per heavy atom. The van der Waals surface area contributed by atoms with E-state index in [0.717, 1.165) is 70.6 Å². The number of aliphatic hydroxyl groups is 1. The Morgan fingerprint density at radius 3 is 1.55 bits per heavy atom. The molecule has 42 heavy (non-hydrogen) atoms. The predicted molar refractivity (Wildman–Crippen MR) is 178 cm³/mol. The number of carbonyl (C=O) groups is 2. The summed E-state index contributed by atoms with van der Waals surface area (Å²) < 4.78 is 10.6. The van der Waals surface area contributed by atoms with E-state index in [9.17, 15) is 14.7 Å². The Balaban J connectivity index is 3.60. The highest BCUT2D eigenvalue weighted by molar-refractivity contribution is 5.70.